The Bertz CT molecular complexity index is 960. The molecular weight excluding hydrogens is 402 g/mol. The van der Waals surface area contributed by atoms with Crippen LogP contribution in [0.5, 0.6) is 11.5 Å². The van der Waals surface area contributed by atoms with E-state index in [-0.39, 0.29) is 19.1 Å². The Morgan fingerprint density at radius 3 is 2.90 bits per heavy atom. The van der Waals surface area contributed by atoms with Crippen molar-refractivity contribution in [1.82, 2.24) is 15.2 Å². The molecule has 1 aromatic carbocycles. The molecule has 1 aromatic heterocycles. The van der Waals surface area contributed by atoms with E-state index < -0.39 is 12.0 Å². The number of fused-ring (bicyclic) bond motifs is 1. The number of oxazole rings is 1. The molecule has 0 radical (unpaired) electrons. The van der Waals surface area contributed by atoms with Gasteiger partial charge in [0.2, 0.25) is 18.6 Å². The lowest BCUT2D eigenvalue weighted by Gasteiger charge is -2.33. The van der Waals surface area contributed by atoms with Gasteiger partial charge in [0.25, 0.3) is 0 Å². The summed E-state index contributed by atoms with van der Waals surface area (Å²) in [5.74, 6) is 1.46. The van der Waals surface area contributed by atoms with Crippen LogP contribution in [-0.4, -0.2) is 54.8 Å². The molecule has 1 saturated heterocycles. The topological polar surface area (TPSA) is 103 Å². The number of halogens is 1. The van der Waals surface area contributed by atoms with E-state index >= 15 is 0 Å². The standard InChI is InChI=1S/C19H20ClN3O6/c1-10-13(8-23-4-3-21-18(25)14(23)7-17(24)26-2)22-19(29-10)11-5-15-16(6-12(11)20)28-9-27-15/h5-6,14H,3-4,7-9H2,1-2H3,(H,21,25)/t14-/m1/s1. The van der Waals surface area contributed by atoms with E-state index in [2.05, 4.69) is 10.3 Å². The predicted molar refractivity (Wildman–Crippen MR) is 102 cm³/mol. The van der Waals surface area contributed by atoms with Gasteiger partial charge in [-0.15, -0.1) is 0 Å². The van der Waals surface area contributed by atoms with Gasteiger partial charge in [-0.05, 0) is 13.0 Å². The monoisotopic (exact) mass is 421 g/mol. The zero-order valence-corrected chi connectivity index (χ0v) is 16.7. The second kappa shape index (κ2) is 7.92. The van der Waals surface area contributed by atoms with Crippen LogP contribution in [0.1, 0.15) is 17.9 Å². The van der Waals surface area contributed by atoms with Gasteiger partial charge in [0.15, 0.2) is 11.5 Å². The number of aryl methyl sites for hydroxylation is 1. The zero-order chi connectivity index (χ0) is 20.5. The average molecular weight is 422 g/mol. The molecule has 1 amide bonds. The number of hydrogen-bond donors (Lipinski definition) is 1. The summed E-state index contributed by atoms with van der Waals surface area (Å²) in [5.41, 5.74) is 1.26. The van der Waals surface area contributed by atoms with Gasteiger partial charge in [-0.2, -0.15) is 0 Å². The number of amides is 1. The molecular formula is C19H20ClN3O6. The first-order valence-electron chi connectivity index (χ1n) is 9.10. The fourth-order valence-electron chi connectivity index (χ4n) is 3.38. The van der Waals surface area contributed by atoms with Crippen molar-refractivity contribution < 1.29 is 28.2 Å². The van der Waals surface area contributed by atoms with Gasteiger partial charge < -0.3 is 23.9 Å². The first-order chi connectivity index (χ1) is 14.0. The molecule has 2 aliphatic rings. The van der Waals surface area contributed by atoms with Crippen molar-refractivity contribution in [2.45, 2.75) is 25.9 Å². The van der Waals surface area contributed by atoms with E-state index in [0.29, 0.717) is 59.1 Å². The minimum atomic E-state index is -0.620. The number of methoxy groups -OCH3 is 1. The highest BCUT2D eigenvalue weighted by atomic mass is 35.5. The molecule has 4 rings (SSSR count). The quantitative estimate of drug-likeness (QED) is 0.730. The number of nitrogens with one attached hydrogen (secondary N) is 1. The van der Waals surface area contributed by atoms with E-state index in [1.807, 2.05) is 4.90 Å². The highest BCUT2D eigenvalue weighted by Gasteiger charge is 2.33. The van der Waals surface area contributed by atoms with Crippen LogP contribution in [0.3, 0.4) is 0 Å². The molecule has 0 aliphatic carbocycles. The van der Waals surface area contributed by atoms with E-state index in [9.17, 15) is 9.59 Å². The first-order valence-corrected chi connectivity index (χ1v) is 9.48. The fourth-order valence-corrected chi connectivity index (χ4v) is 3.61. The Hall–Kier alpha value is -2.78. The second-order valence-electron chi connectivity index (χ2n) is 6.76. The smallest absolute Gasteiger partial charge is 0.307 e. The van der Waals surface area contributed by atoms with Crippen LogP contribution in [0.15, 0.2) is 16.5 Å². The SMILES string of the molecule is COC(=O)C[C@@H]1C(=O)NCCN1Cc1nc(-c2cc3c(cc2Cl)OCO3)oc1C. The van der Waals surface area contributed by atoms with E-state index in [0.717, 1.165) is 0 Å². The number of hydrogen-bond acceptors (Lipinski definition) is 8. The molecule has 3 heterocycles. The molecule has 10 heteroatoms. The van der Waals surface area contributed by atoms with Crippen molar-refractivity contribution in [1.29, 1.82) is 0 Å². The summed E-state index contributed by atoms with van der Waals surface area (Å²) in [4.78, 5) is 30.5. The van der Waals surface area contributed by atoms with E-state index in [1.165, 1.54) is 7.11 Å². The number of aromatic nitrogens is 1. The molecule has 9 nitrogen and oxygen atoms in total. The fraction of sp³-hybridized carbons (Fsp3) is 0.421. The van der Waals surface area contributed by atoms with Gasteiger partial charge in [0.05, 0.1) is 29.8 Å². The summed E-state index contributed by atoms with van der Waals surface area (Å²) in [6.07, 6.45) is -0.0277. The molecule has 0 unspecified atom stereocenters. The third-order valence-electron chi connectivity index (χ3n) is 4.97. The van der Waals surface area contributed by atoms with Crippen LogP contribution in [-0.2, 0) is 20.9 Å². The lowest BCUT2D eigenvalue weighted by atomic mass is 10.1. The maximum absolute atomic E-state index is 12.3. The maximum atomic E-state index is 12.3. The van der Waals surface area contributed by atoms with Crippen molar-refractivity contribution in [3.63, 3.8) is 0 Å². The molecule has 2 aliphatic heterocycles. The number of esters is 1. The Balaban J connectivity index is 1.58. The van der Waals surface area contributed by atoms with Crippen molar-refractivity contribution in [2.24, 2.45) is 0 Å². The number of rotatable bonds is 5. The largest absolute Gasteiger partial charge is 0.469 e. The Labute approximate surface area is 171 Å². The van der Waals surface area contributed by atoms with Crippen molar-refractivity contribution in [3.05, 3.63) is 28.6 Å². The second-order valence-corrected chi connectivity index (χ2v) is 7.17. The van der Waals surface area contributed by atoms with Gasteiger partial charge in [-0.25, -0.2) is 4.98 Å². The molecule has 29 heavy (non-hydrogen) atoms. The predicted octanol–water partition coefficient (Wildman–Crippen LogP) is 1.90. The van der Waals surface area contributed by atoms with Crippen LogP contribution in [0.25, 0.3) is 11.5 Å². The van der Waals surface area contributed by atoms with Crippen LogP contribution in [0.2, 0.25) is 5.02 Å². The summed E-state index contributed by atoms with van der Waals surface area (Å²) in [6, 6.07) is 2.78. The Morgan fingerprint density at radius 2 is 2.14 bits per heavy atom. The third kappa shape index (κ3) is 3.88. The number of piperazine rings is 1. The van der Waals surface area contributed by atoms with E-state index in [4.69, 9.17) is 30.2 Å². The van der Waals surface area contributed by atoms with Gasteiger partial charge in [0, 0.05) is 25.7 Å². The summed E-state index contributed by atoms with van der Waals surface area (Å²) in [7, 11) is 1.30. The van der Waals surface area contributed by atoms with Gasteiger partial charge in [0.1, 0.15) is 11.8 Å². The van der Waals surface area contributed by atoms with Crippen LogP contribution in [0.4, 0.5) is 0 Å². The van der Waals surface area contributed by atoms with Gasteiger partial charge in [-0.3, -0.25) is 14.5 Å². The summed E-state index contributed by atoms with van der Waals surface area (Å²) >= 11 is 6.36. The van der Waals surface area contributed by atoms with Gasteiger partial charge in [-0.1, -0.05) is 11.6 Å². The molecule has 154 valence electrons. The number of benzene rings is 1. The minimum Gasteiger partial charge on any atom is -0.469 e. The number of ether oxygens (including phenoxy) is 3. The first kappa shape index (κ1) is 19.5. The minimum absolute atomic E-state index is 0.0277. The molecule has 0 spiro atoms. The highest BCUT2D eigenvalue weighted by Crippen LogP contribution is 2.41. The lowest BCUT2D eigenvalue weighted by Crippen LogP contribution is -2.55. The number of carbonyl (C=O) groups excluding carboxylic acids is 2. The average Bonchev–Trinajstić information content (AvgIpc) is 3.29. The summed E-state index contributed by atoms with van der Waals surface area (Å²) in [6.45, 7) is 3.37. The van der Waals surface area contributed by atoms with E-state index in [1.54, 1.807) is 19.1 Å². The van der Waals surface area contributed by atoms with Gasteiger partial charge >= 0.3 is 5.97 Å². The molecule has 1 fully saturated rings. The molecule has 2 aromatic rings. The molecule has 1 N–H and O–H groups in total. The third-order valence-corrected chi connectivity index (χ3v) is 5.28. The summed E-state index contributed by atoms with van der Waals surface area (Å²) in [5, 5.41) is 3.21. The molecule has 1 atom stereocenters. The lowest BCUT2D eigenvalue weighted by molar-refractivity contribution is -0.146. The van der Waals surface area contributed by atoms with Crippen LogP contribution in [0, 0.1) is 6.92 Å². The van der Waals surface area contributed by atoms with Crippen molar-refractivity contribution in [2.75, 3.05) is 27.0 Å². The Kier molecular flexibility index (Phi) is 5.33. The number of nitrogens with zero attached hydrogens (tertiary/aromatic N) is 2. The molecule has 0 bridgehead atoms. The number of carbonyl (C=O) groups is 2. The van der Waals surface area contributed by atoms with Crippen molar-refractivity contribution in [3.8, 4) is 23.0 Å². The maximum Gasteiger partial charge on any atom is 0.307 e. The molecule has 0 saturated carbocycles. The van der Waals surface area contributed by atoms with Crippen LogP contribution < -0.4 is 14.8 Å². The summed E-state index contributed by atoms with van der Waals surface area (Å²) < 4.78 is 21.3. The van der Waals surface area contributed by atoms with Crippen molar-refractivity contribution >= 4 is 23.5 Å². The Morgan fingerprint density at radius 1 is 1.38 bits per heavy atom. The zero-order valence-electron chi connectivity index (χ0n) is 16.0. The highest BCUT2D eigenvalue weighted by molar-refractivity contribution is 6.33. The normalized spacial score (nSPS) is 18.6. The van der Waals surface area contributed by atoms with Crippen LogP contribution >= 0.6 is 11.6 Å².